The molecule has 1 amide bonds. The Bertz CT molecular complexity index is 1530. The van der Waals surface area contributed by atoms with Crippen LogP contribution in [0.15, 0.2) is 77.9 Å². The van der Waals surface area contributed by atoms with E-state index in [9.17, 15) is 9.90 Å². The van der Waals surface area contributed by atoms with E-state index in [0.717, 1.165) is 33.4 Å². The standard InChI is InChI=1S/C26H22N6O2/c1-16-25(17(2)32(31-16)19-9-4-3-5-10-19)22-14-23(29-28-22)26(34)30-27-15-21-20-11-7-6-8-18(20)12-13-24(21)33/h3-15,33H,1-2H3,(H,28,29)(H,30,34)/b27-15-. The fraction of sp³-hybridized carbons (Fsp3) is 0.0769. The van der Waals surface area contributed by atoms with E-state index in [2.05, 4.69) is 25.8 Å². The molecule has 0 spiro atoms. The van der Waals surface area contributed by atoms with Crippen LogP contribution < -0.4 is 5.43 Å². The molecule has 5 rings (SSSR count). The summed E-state index contributed by atoms with van der Waals surface area (Å²) < 4.78 is 1.86. The molecule has 34 heavy (non-hydrogen) atoms. The Balaban J connectivity index is 1.37. The molecule has 5 aromatic rings. The number of aromatic hydroxyl groups is 1. The predicted octanol–water partition coefficient (Wildman–Crippen LogP) is 4.50. The Morgan fingerprint density at radius 1 is 1.06 bits per heavy atom. The van der Waals surface area contributed by atoms with E-state index in [4.69, 9.17) is 0 Å². The number of H-pyrrole nitrogens is 1. The van der Waals surface area contributed by atoms with E-state index in [1.807, 2.05) is 79.2 Å². The number of fused-ring (bicyclic) bond motifs is 1. The van der Waals surface area contributed by atoms with Crippen molar-refractivity contribution in [1.29, 1.82) is 0 Å². The second-order valence-corrected chi connectivity index (χ2v) is 7.88. The molecule has 0 aliphatic heterocycles. The largest absolute Gasteiger partial charge is 0.507 e. The first-order valence-electron chi connectivity index (χ1n) is 10.7. The highest BCUT2D eigenvalue weighted by Gasteiger charge is 2.19. The summed E-state index contributed by atoms with van der Waals surface area (Å²) in [6.45, 7) is 3.88. The lowest BCUT2D eigenvalue weighted by atomic mass is 10.0. The molecule has 8 nitrogen and oxygen atoms in total. The summed E-state index contributed by atoms with van der Waals surface area (Å²) in [5.41, 5.74) is 7.46. The van der Waals surface area contributed by atoms with Crippen molar-refractivity contribution in [3.05, 3.63) is 95.4 Å². The third-order valence-corrected chi connectivity index (χ3v) is 5.68. The number of nitrogens with zero attached hydrogens (tertiary/aromatic N) is 4. The lowest BCUT2D eigenvalue weighted by Crippen LogP contribution is -2.18. The van der Waals surface area contributed by atoms with Gasteiger partial charge in [-0.2, -0.15) is 15.3 Å². The van der Waals surface area contributed by atoms with Crippen molar-refractivity contribution in [2.45, 2.75) is 13.8 Å². The summed E-state index contributed by atoms with van der Waals surface area (Å²) in [6.07, 6.45) is 1.44. The number of benzene rings is 3. The van der Waals surface area contributed by atoms with E-state index >= 15 is 0 Å². The van der Waals surface area contributed by atoms with Crippen molar-refractivity contribution in [2.24, 2.45) is 5.10 Å². The number of aromatic amines is 1. The number of carbonyl (C=O) groups excluding carboxylic acids is 1. The van der Waals surface area contributed by atoms with Crippen LogP contribution >= 0.6 is 0 Å². The van der Waals surface area contributed by atoms with Gasteiger partial charge in [0, 0.05) is 11.1 Å². The fourth-order valence-electron chi connectivity index (χ4n) is 4.04. The molecule has 0 saturated carbocycles. The van der Waals surface area contributed by atoms with Gasteiger partial charge >= 0.3 is 0 Å². The van der Waals surface area contributed by atoms with Gasteiger partial charge in [0.05, 0.1) is 29.0 Å². The van der Waals surface area contributed by atoms with Gasteiger partial charge < -0.3 is 5.11 Å². The van der Waals surface area contributed by atoms with Crippen molar-refractivity contribution >= 4 is 22.9 Å². The minimum Gasteiger partial charge on any atom is -0.507 e. The van der Waals surface area contributed by atoms with Gasteiger partial charge in [-0.3, -0.25) is 9.89 Å². The summed E-state index contributed by atoms with van der Waals surface area (Å²) in [6, 6.07) is 22.6. The predicted molar refractivity (Wildman–Crippen MR) is 131 cm³/mol. The van der Waals surface area contributed by atoms with Crippen LogP contribution in [0.2, 0.25) is 0 Å². The van der Waals surface area contributed by atoms with Crippen LogP contribution in [0.4, 0.5) is 0 Å². The molecule has 168 valence electrons. The summed E-state index contributed by atoms with van der Waals surface area (Å²) in [5, 5.41) is 27.8. The number of phenols is 1. The first kappa shape index (κ1) is 21.1. The number of amides is 1. The average molecular weight is 451 g/mol. The zero-order chi connectivity index (χ0) is 23.7. The van der Waals surface area contributed by atoms with Gasteiger partial charge in [-0.05, 0) is 48.9 Å². The van der Waals surface area contributed by atoms with Crippen LogP contribution in [-0.4, -0.2) is 37.2 Å². The normalized spacial score (nSPS) is 11.4. The highest BCUT2D eigenvalue weighted by atomic mass is 16.3. The minimum absolute atomic E-state index is 0.0851. The maximum absolute atomic E-state index is 12.6. The van der Waals surface area contributed by atoms with E-state index in [0.29, 0.717) is 11.3 Å². The fourth-order valence-corrected chi connectivity index (χ4v) is 4.04. The molecule has 0 bridgehead atoms. The Kier molecular flexibility index (Phi) is 5.39. The monoisotopic (exact) mass is 450 g/mol. The van der Waals surface area contributed by atoms with Gasteiger partial charge in [0.2, 0.25) is 0 Å². The molecule has 2 aromatic heterocycles. The van der Waals surface area contributed by atoms with E-state index < -0.39 is 5.91 Å². The smallest absolute Gasteiger partial charge is 0.289 e. The Morgan fingerprint density at radius 3 is 2.65 bits per heavy atom. The van der Waals surface area contributed by atoms with Crippen LogP contribution in [0.3, 0.4) is 0 Å². The molecular formula is C26H22N6O2. The topological polar surface area (TPSA) is 108 Å². The zero-order valence-electron chi connectivity index (χ0n) is 18.6. The Morgan fingerprint density at radius 2 is 1.82 bits per heavy atom. The van der Waals surface area contributed by atoms with Crippen LogP contribution in [0.25, 0.3) is 27.7 Å². The maximum atomic E-state index is 12.6. The molecule has 8 heteroatoms. The summed E-state index contributed by atoms with van der Waals surface area (Å²) >= 11 is 0. The number of phenolic OH excluding ortho intramolecular Hbond substituents is 1. The number of hydrogen-bond acceptors (Lipinski definition) is 5. The van der Waals surface area contributed by atoms with E-state index in [1.165, 1.54) is 6.21 Å². The highest BCUT2D eigenvalue weighted by Crippen LogP contribution is 2.28. The molecule has 0 saturated heterocycles. The second-order valence-electron chi connectivity index (χ2n) is 7.88. The second kappa shape index (κ2) is 8.67. The number of rotatable bonds is 5. The quantitative estimate of drug-likeness (QED) is 0.271. The zero-order valence-corrected chi connectivity index (χ0v) is 18.6. The molecule has 3 aromatic carbocycles. The third-order valence-electron chi connectivity index (χ3n) is 5.68. The van der Waals surface area contributed by atoms with E-state index in [1.54, 1.807) is 12.1 Å². The SMILES string of the molecule is Cc1nn(-c2ccccc2)c(C)c1-c1cc(C(=O)N/N=C\c2c(O)ccc3ccccc23)[nH]n1. The van der Waals surface area contributed by atoms with Gasteiger partial charge in [0.25, 0.3) is 5.91 Å². The van der Waals surface area contributed by atoms with Crippen LogP contribution in [0, 0.1) is 13.8 Å². The molecule has 0 aliphatic carbocycles. The molecule has 0 radical (unpaired) electrons. The van der Waals surface area contributed by atoms with Crippen LogP contribution in [0.5, 0.6) is 5.75 Å². The van der Waals surface area contributed by atoms with Crippen LogP contribution in [0.1, 0.15) is 27.4 Å². The van der Waals surface area contributed by atoms with Gasteiger partial charge in [-0.1, -0.05) is 48.5 Å². The Labute approximate surface area is 195 Å². The number of carbonyl (C=O) groups is 1. The molecular weight excluding hydrogens is 428 g/mol. The van der Waals surface area contributed by atoms with Crippen molar-refractivity contribution in [2.75, 3.05) is 0 Å². The lowest BCUT2D eigenvalue weighted by molar-refractivity contribution is 0.0950. The summed E-state index contributed by atoms with van der Waals surface area (Å²) in [4.78, 5) is 12.6. The Hall–Kier alpha value is -4.72. The molecule has 0 fully saturated rings. The van der Waals surface area contributed by atoms with Gasteiger partial charge in [0.1, 0.15) is 11.4 Å². The summed E-state index contributed by atoms with van der Waals surface area (Å²) in [5.74, 6) is -0.359. The number of nitrogens with one attached hydrogen (secondary N) is 2. The number of hydrogen-bond donors (Lipinski definition) is 3. The first-order chi connectivity index (χ1) is 16.5. The average Bonchev–Trinajstić information content (AvgIpc) is 3.45. The van der Waals surface area contributed by atoms with Crippen molar-refractivity contribution in [3.8, 4) is 22.7 Å². The molecule has 0 atom stereocenters. The maximum Gasteiger partial charge on any atom is 0.289 e. The number of hydrazone groups is 1. The van der Waals surface area contributed by atoms with Crippen molar-refractivity contribution in [1.82, 2.24) is 25.4 Å². The first-order valence-corrected chi connectivity index (χ1v) is 10.7. The van der Waals surface area contributed by atoms with Crippen molar-refractivity contribution in [3.63, 3.8) is 0 Å². The molecule has 0 aliphatic rings. The van der Waals surface area contributed by atoms with Gasteiger partial charge in [-0.25, -0.2) is 10.1 Å². The van der Waals surface area contributed by atoms with Crippen LogP contribution in [-0.2, 0) is 0 Å². The van der Waals surface area contributed by atoms with Crippen molar-refractivity contribution < 1.29 is 9.90 Å². The molecule has 2 heterocycles. The lowest BCUT2D eigenvalue weighted by Gasteiger charge is -2.04. The highest BCUT2D eigenvalue weighted by molar-refractivity contribution is 6.03. The van der Waals surface area contributed by atoms with Gasteiger partial charge in [-0.15, -0.1) is 0 Å². The summed E-state index contributed by atoms with van der Waals surface area (Å²) in [7, 11) is 0. The molecule has 0 unspecified atom stereocenters. The number of aromatic nitrogens is 4. The minimum atomic E-state index is -0.444. The number of aryl methyl sites for hydroxylation is 1. The van der Waals surface area contributed by atoms with E-state index in [-0.39, 0.29) is 11.4 Å². The molecule has 3 N–H and O–H groups in total. The van der Waals surface area contributed by atoms with Gasteiger partial charge in [0.15, 0.2) is 0 Å². The third kappa shape index (κ3) is 3.81. The number of para-hydroxylation sites is 1.